The molecule has 0 atom stereocenters. The molecule has 0 unspecified atom stereocenters. The monoisotopic (exact) mass is 197 g/mol. The topological polar surface area (TPSA) is 26.0 Å². The van der Waals surface area contributed by atoms with Gasteiger partial charge in [0.25, 0.3) is 0 Å². The third-order valence-corrected chi connectivity index (χ3v) is 2.44. The van der Waals surface area contributed by atoms with Crippen molar-refractivity contribution in [3.8, 4) is 0 Å². The first-order valence-electron chi connectivity index (χ1n) is 4.75. The highest BCUT2D eigenvalue weighted by Crippen LogP contribution is 2.17. The normalized spacial score (nSPS) is 8.85. The highest BCUT2D eigenvalue weighted by molar-refractivity contribution is 7.98. The summed E-state index contributed by atoms with van der Waals surface area (Å²) in [6, 6.07) is 8.03. The molecule has 0 spiro atoms. The summed E-state index contributed by atoms with van der Waals surface area (Å²) in [7, 11) is 0. The van der Waals surface area contributed by atoms with Gasteiger partial charge in [0.2, 0.25) is 0 Å². The van der Waals surface area contributed by atoms with E-state index in [0.29, 0.717) is 0 Å². The van der Waals surface area contributed by atoms with Crippen LogP contribution < -0.4 is 5.73 Å². The van der Waals surface area contributed by atoms with Crippen LogP contribution in [0.3, 0.4) is 0 Å². The molecule has 0 heterocycles. The highest BCUT2D eigenvalue weighted by atomic mass is 32.2. The van der Waals surface area contributed by atoms with Crippen molar-refractivity contribution in [2.45, 2.75) is 26.5 Å². The van der Waals surface area contributed by atoms with Crippen LogP contribution in [0, 0.1) is 0 Å². The lowest BCUT2D eigenvalue weighted by molar-refractivity contribution is 1.40. The van der Waals surface area contributed by atoms with E-state index < -0.39 is 0 Å². The van der Waals surface area contributed by atoms with Gasteiger partial charge in [0.1, 0.15) is 0 Å². The summed E-state index contributed by atoms with van der Waals surface area (Å²) in [5.41, 5.74) is 7.91. The number of nitrogens with two attached hydrogens (primary N) is 1. The predicted octanol–water partition coefficient (Wildman–Crippen LogP) is 3.55. The van der Waals surface area contributed by atoms with E-state index in [1.54, 1.807) is 0 Å². The summed E-state index contributed by atoms with van der Waals surface area (Å²) in [6.07, 6.45) is 0. The maximum Gasteiger partial charge on any atom is 0.0355 e. The second kappa shape index (κ2) is 7.99. The maximum absolute atomic E-state index is 5.75. The van der Waals surface area contributed by atoms with Crippen LogP contribution in [0.25, 0.3) is 0 Å². The van der Waals surface area contributed by atoms with Gasteiger partial charge in [-0.1, -0.05) is 39.0 Å². The average Bonchev–Trinajstić information content (AvgIpc) is 2.20. The third kappa shape index (κ3) is 4.83. The summed E-state index contributed by atoms with van der Waals surface area (Å²) in [5, 5.41) is 0. The minimum atomic E-state index is 0.911. The van der Waals surface area contributed by atoms with E-state index >= 15 is 0 Å². The Hall–Kier alpha value is -0.630. The Morgan fingerprint density at radius 3 is 2.38 bits per heavy atom. The minimum Gasteiger partial charge on any atom is -0.398 e. The number of rotatable bonds is 3. The van der Waals surface area contributed by atoms with Gasteiger partial charge in [-0.2, -0.15) is 11.8 Å². The smallest absolute Gasteiger partial charge is 0.0355 e. The Balaban J connectivity index is 0.000000671. The Morgan fingerprint density at radius 1 is 1.23 bits per heavy atom. The van der Waals surface area contributed by atoms with Gasteiger partial charge in [0, 0.05) is 11.4 Å². The van der Waals surface area contributed by atoms with E-state index in [2.05, 4.69) is 13.0 Å². The van der Waals surface area contributed by atoms with Crippen LogP contribution in [-0.2, 0) is 5.75 Å². The largest absolute Gasteiger partial charge is 0.398 e. The number of para-hydroxylation sites is 1. The highest BCUT2D eigenvalue weighted by Gasteiger charge is 1.95. The summed E-state index contributed by atoms with van der Waals surface area (Å²) < 4.78 is 0. The molecule has 2 heteroatoms. The van der Waals surface area contributed by atoms with Gasteiger partial charge in [0.15, 0.2) is 0 Å². The van der Waals surface area contributed by atoms with Gasteiger partial charge in [-0.15, -0.1) is 0 Å². The quantitative estimate of drug-likeness (QED) is 0.750. The fourth-order valence-electron chi connectivity index (χ4n) is 0.878. The Kier molecular flexibility index (Phi) is 7.60. The van der Waals surface area contributed by atoms with Gasteiger partial charge >= 0.3 is 0 Å². The molecule has 1 aromatic rings. The van der Waals surface area contributed by atoms with Crippen LogP contribution in [-0.4, -0.2) is 5.75 Å². The molecule has 1 rings (SSSR count). The van der Waals surface area contributed by atoms with E-state index in [9.17, 15) is 0 Å². The first-order valence-corrected chi connectivity index (χ1v) is 5.91. The molecule has 0 saturated heterocycles. The molecule has 13 heavy (non-hydrogen) atoms. The second-order valence-electron chi connectivity index (χ2n) is 2.34. The lowest BCUT2D eigenvalue weighted by Gasteiger charge is -2.02. The fourth-order valence-corrected chi connectivity index (χ4v) is 1.56. The molecule has 0 amide bonds. The maximum atomic E-state index is 5.75. The van der Waals surface area contributed by atoms with E-state index in [0.717, 1.165) is 17.2 Å². The van der Waals surface area contributed by atoms with Gasteiger partial charge < -0.3 is 5.73 Å². The number of thioether (sulfide) groups is 1. The van der Waals surface area contributed by atoms with Crippen LogP contribution in [0.5, 0.6) is 0 Å². The van der Waals surface area contributed by atoms with Crippen LogP contribution in [0.15, 0.2) is 24.3 Å². The zero-order chi connectivity index (χ0) is 10.1. The standard InChI is InChI=1S/C9H13NS.C2H6/c1-2-11-7-8-5-3-4-6-9(8)10;1-2/h3-6H,2,7,10H2,1H3;1-2H3. The number of nitrogen functional groups attached to an aromatic ring is 1. The van der Waals surface area contributed by atoms with Gasteiger partial charge in [-0.25, -0.2) is 0 Å². The molecule has 0 aromatic heterocycles. The van der Waals surface area contributed by atoms with Crippen molar-refractivity contribution in [3.63, 3.8) is 0 Å². The molecule has 0 radical (unpaired) electrons. The number of benzene rings is 1. The van der Waals surface area contributed by atoms with Crippen molar-refractivity contribution in [1.82, 2.24) is 0 Å². The SMILES string of the molecule is CC.CCSCc1ccccc1N. The molecular weight excluding hydrogens is 178 g/mol. The van der Waals surface area contributed by atoms with E-state index in [1.165, 1.54) is 5.56 Å². The van der Waals surface area contributed by atoms with Crippen LogP contribution in [0.2, 0.25) is 0 Å². The summed E-state index contributed by atoms with van der Waals surface area (Å²) in [5.74, 6) is 2.18. The molecule has 1 aromatic carbocycles. The number of hydrogen-bond donors (Lipinski definition) is 1. The van der Waals surface area contributed by atoms with E-state index in [1.807, 2.05) is 43.8 Å². The number of hydrogen-bond acceptors (Lipinski definition) is 2. The molecule has 0 fully saturated rings. The van der Waals surface area contributed by atoms with Crippen molar-refractivity contribution in [2.75, 3.05) is 11.5 Å². The molecule has 2 N–H and O–H groups in total. The lowest BCUT2D eigenvalue weighted by atomic mass is 10.2. The summed E-state index contributed by atoms with van der Waals surface area (Å²) >= 11 is 1.90. The zero-order valence-corrected chi connectivity index (χ0v) is 9.53. The van der Waals surface area contributed by atoms with Gasteiger partial charge in [-0.3, -0.25) is 0 Å². The Labute approximate surface area is 85.7 Å². The number of anilines is 1. The van der Waals surface area contributed by atoms with Gasteiger partial charge in [0.05, 0.1) is 0 Å². The van der Waals surface area contributed by atoms with Crippen molar-refractivity contribution in [1.29, 1.82) is 0 Å². The van der Waals surface area contributed by atoms with Crippen LogP contribution >= 0.6 is 11.8 Å². The first kappa shape index (κ1) is 12.4. The third-order valence-electron chi connectivity index (χ3n) is 1.52. The lowest BCUT2D eigenvalue weighted by Crippen LogP contribution is -1.91. The fraction of sp³-hybridized carbons (Fsp3) is 0.455. The molecule has 0 bridgehead atoms. The van der Waals surface area contributed by atoms with E-state index in [-0.39, 0.29) is 0 Å². The molecule has 0 aliphatic rings. The van der Waals surface area contributed by atoms with Gasteiger partial charge in [-0.05, 0) is 17.4 Å². The minimum absolute atomic E-state index is 0.911. The predicted molar refractivity (Wildman–Crippen MR) is 64.0 cm³/mol. The summed E-state index contributed by atoms with van der Waals surface area (Å²) in [6.45, 7) is 6.16. The Morgan fingerprint density at radius 2 is 1.85 bits per heavy atom. The molecular formula is C11H19NS. The van der Waals surface area contributed by atoms with Crippen molar-refractivity contribution in [3.05, 3.63) is 29.8 Å². The molecule has 1 nitrogen and oxygen atoms in total. The van der Waals surface area contributed by atoms with Crippen molar-refractivity contribution >= 4 is 17.4 Å². The van der Waals surface area contributed by atoms with Crippen LogP contribution in [0.4, 0.5) is 5.69 Å². The zero-order valence-electron chi connectivity index (χ0n) is 8.71. The average molecular weight is 197 g/mol. The first-order chi connectivity index (χ1) is 6.34. The summed E-state index contributed by atoms with van der Waals surface area (Å²) in [4.78, 5) is 0. The molecule has 0 aliphatic carbocycles. The Bertz CT molecular complexity index is 223. The van der Waals surface area contributed by atoms with Crippen molar-refractivity contribution < 1.29 is 0 Å². The van der Waals surface area contributed by atoms with Crippen LogP contribution in [0.1, 0.15) is 26.3 Å². The molecule has 74 valence electrons. The second-order valence-corrected chi connectivity index (χ2v) is 3.61. The molecule has 0 saturated carbocycles. The van der Waals surface area contributed by atoms with Crippen molar-refractivity contribution in [2.24, 2.45) is 0 Å². The molecule has 0 aliphatic heterocycles. The van der Waals surface area contributed by atoms with E-state index in [4.69, 9.17) is 5.73 Å².